The van der Waals surface area contributed by atoms with Crippen LogP contribution in [0.25, 0.3) is 0 Å². The maximum Gasteiger partial charge on any atom is 0.0798 e. The molecule has 0 aromatic carbocycles. The van der Waals surface area contributed by atoms with E-state index in [0.717, 1.165) is 29.6 Å². The fraction of sp³-hybridized carbons (Fsp3) is 0.800. The lowest BCUT2D eigenvalue weighted by molar-refractivity contribution is -0.0363. The Balaban J connectivity index is 1.55. The molecular weight excluding hydrogens is 240 g/mol. The van der Waals surface area contributed by atoms with E-state index in [9.17, 15) is 0 Å². The zero-order valence-electron chi connectivity index (χ0n) is 10.8. The second kappa shape index (κ2) is 4.31. The van der Waals surface area contributed by atoms with Gasteiger partial charge in [0.2, 0.25) is 0 Å². The molecule has 4 aliphatic rings. The van der Waals surface area contributed by atoms with Crippen molar-refractivity contribution >= 4 is 11.3 Å². The highest BCUT2D eigenvalue weighted by Crippen LogP contribution is 2.57. The third-order valence-electron chi connectivity index (χ3n) is 5.76. The Morgan fingerprint density at radius 2 is 1.78 bits per heavy atom. The highest BCUT2D eigenvalue weighted by molar-refractivity contribution is 7.09. The van der Waals surface area contributed by atoms with Gasteiger partial charge in [-0.3, -0.25) is 0 Å². The summed E-state index contributed by atoms with van der Waals surface area (Å²) in [6.07, 6.45) is 8.81. The van der Waals surface area contributed by atoms with Crippen molar-refractivity contribution in [2.75, 3.05) is 0 Å². The molecule has 98 valence electrons. The molecule has 0 saturated heterocycles. The molecule has 4 aliphatic carbocycles. The van der Waals surface area contributed by atoms with Gasteiger partial charge in [0.1, 0.15) is 0 Å². The molecule has 0 spiro atoms. The minimum Gasteiger partial charge on any atom is -0.326 e. The number of hydrogen-bond donors (Lipinski definition) is 1. The molecule has 4 fully saturated rings. The topological polar surface area (TPSA) is 38.9 Å². The summed E-state index contributed by atoms with van der Waals surface area (Å²) in [5.74, 6) is 5.09. The van der Waals surface area contributed by atoms with Crippen LogP contribution in [0.2, 0.25) is 0 Å². The van der Waals surface area contributed by atoms with Gasteiger partial charge in [0.15, 0.2) is 0 Å². The van der Waals surface area contributed by atoms with Gasteiger partial charge in [0.25, 0.3) is 0 Å². The number of hydrogen-bond acceptors (Lipinski definition) is 3. The van der Waals surface area contributed by atoms with Crippen LogP contribution in [0.5, 0.6) is 0 Å². The Kier molecular flexibility index (Phi) is 2.73. The van der Waals surface area contributed by atoms with Gasteiger partial charge in [-0.25, -0.2) is 4.98 Å². The molecule has 2 N–H and O–H groups in total. The van der Waals surface area contributed by atoms with Gasteiger partial charge in [-0.05, 0) is 68.1 Å². The predicted octanol–water partition coefficient (Wildman–Crippen LogP) is 3.22. The third-order valence-corrected chi connectivity index (χ3v) is 6.66. The summed E-state index contributed by atoms with van der Waals surface area (Å²) in [6, 6.07) is 0. The summed E-state index contributed by atoms with van der Waals surface area (Å²) in [6.45, 7) is 0.674. The van der Waals surface area contributed by atoms with Gasteiger partial charge >= 0.3 is 0 Å². The van der Waals surface area contributed by atoms with Crippen LogP contribution >= 0.6 is 11.3 Å². The quantitative estimate of drug-likeness (QED) is 0.908. The van der Waals surface area contributed by atoms with Gasteiger partial charge in [-0.15, -0.1) is 11.3 Å². The summed E-state index contributed by atoms with van der Waals surface area (Å²) >= 11 is 1.74. The smallest absolute Gasteiger partial charge is 0.0798 e. The van der Waals surface area contributed by atoms with Crippen molar-refractivity contribution in [3.8, 4) is 0 Å². The van der Waals surface area contributed by atoms with Crippen molar-refractivity contribution in [2.45, 2.75) is 45.1 Å². The highest BCUT2D eigenvalue weighted by atomic mass is 32.1. The summed E-state index contributed by atoms with van der Waals surface area (Å²) in [7, 11) is 0. The second-order valence-corrected chi connectivity index (χ2v) is 7.66. The van der Waals surface area contributed by atoms with Crippen LogP contribution in [-0.4, -0.2) is 4.98 Å². The van der Waals surface area contributed by atoms with Gasteiger partial charge in [0.05, 0.1) is 11.2 Å². The van der Waals surface area contributed by atoms with E-state index in [1.54, 1.807) is 17.8 Å². The number of thiazole rings is 1. The van der Waals surface area contributed by atoms with Crippen LogP contribution in [0, 0.1) is 29.6 Å². The Labute approximate surface area is 113 Å². The first-order chi connectivity index (χ1) is 8.83. The first kappa shape index (κ1) is 11.4. The first-order valence-corrected chi connectivity index (χ1v) is 8.32. The maximum absolute atomic E-state index is 5.82. The van der Waals surface area contributed by atoms with E-state index in [1.165, 1.54) is 42.7 Å². The molecule has 0 amide bonds. The normalized spacial score (nSPS) is 41.5. The molecular formula is C15H22N2S. The number of aromatic nitrogens is 1. The summed E-state index contributed by atoms with van der Waals surface area (Å²) in [5.41, 5.74) is 9.11. The SMILES string of the molecule is NCc1scnc1CC1C2CC3CC(C2)CC1C3. The van der Waals surface area contributed by atoms with Crippen molar-refractivity contribution < 1.29 is 0 Å². The average Bonchev–Trinajstić information content (AvgIpc) is 2.80. The van der Waals surface area contributed by atoms with Crippen molar-refractivity contribution in [1.29, 1.82) is 0 Å². The third kappa shape index (κ3) is 1.75. The molecule has 5 rings (SSSR count). The molecule has 0 radical (unpaired) electrons. The molecule has 4 saturated carbocycles. The van der Waals surface area contributed by atoms with E-state index < -0.39 is 0 Å². The number of nitrogens with zero attached hydrogens (tertiary/aromatic N) is 1. The van der Waals surface area contributed by atoms with Crippen molar-refractivity contribution in [2.24, 2.45) is 35.3 Å². The van der Waals surface area contributed by atoms with Crippen LogP contribution in [0.4, 0.5) is 0 Å². The van der Waals surface area contributed by atoms with Gasteiger partial charge in [-0.1, -0.05) is 0 Å². The minimum absolute atomic E-state index is 0.674. The molecule has 0 atom stereocenters. The molecule has 1 aromatic rings. The molecule has 0 aliphatic heterocycles. The molecule has 2 nitrogen and oxygen atoms in total. The molecule has 1 heterocycles. The van der Waals surface area contributed by atoms with Gasteiger partial charge in [0, 0.05) is 11.4 Å². The van der Waals surface area contributed by atoms with Gasteiger partial charge in [-0.2, -0.15) is 0 Å². The lowest BCUT2D eigenvalue weighted by Gasteiger charge is -2.54. The Morgan fingerprint density at radius 1 is 1.11 bits per heavy atom. The predicted molar refractivity (Wildman–Crippen MR) is 74.2 cm³/mol. The van der Waals surface area contributed by atoms with E-state index >= 15 is 0 Å². The maximum atomic E-state index is 5.82. The molecule has 3 heteroatoms. The molecule has 0 unspecified atom stereocenters. The largest absolute Gasteiger partial charge is 0.326 e. The number of nitrogens with two attached hydrogens (primary N) is 1. The van der Waals surface area contributed by atoms with Crippen LogP contribution in [0.3, 0.4) is 0 Å². The van der Waals surface area contributed by atoms with Crippen molar-refractivity contribution in [3.63, 3.8) is 0 Å². The first-order valence-electron chi connectivity index (χ1n) is 7.44. The zero-order chi connectivity index (χ0) is 12.1. The molecule has 1 aromatic heterocycles. The Hall–Kier alpha value is -0.410. The summed E-state index contributed by atoms with van der Waals surface area (Å²) < 4.78 is 0. The Morgan fingerprint density at radius 3 is 2.39 bits per heavy atom. The average molecular weight is 262 g/mol. The van der Waals surface area contributed by atoms with E-state index in [-0.39, 0.29) is 0 Å². The lowest BCUT2D eigenvalue weighted by atomic mass is 9.51. The second-order valence-electron chi connectivity index (χ2n) is 6.73. The van der Waals surface area contributed by atoms with Crippen LogP contribution < -0.4 is 5.73 Å². The van der Waals surface area contributed by atoms with E-state index in [0.29, 0.717) is 6.54 Å². The van der Waals surface area contributed by atoms with E-state index in [2.05, 4.69) is 4.98 Å². The highest BCUT2D eigenvalue weighted by Gasteiger charge is 2.48. The molecule has 18 heavy (non-hydrogen) atoms. The monoisotopic (exact) mass is 262 g/mol. The standard InChI is InChI=1S/C15H22N2S/c16-7-15-14(17-8-18-15)6-13-11-2-9-1-10(4-11)5-12(13)3-9/h8-13H,1-7,16H2. The fourth-order valence-corrected chi connectivity index (χ4v) is 5.90. The zero-order valence-corrected chi connectivity index (χ0v) is 11.7. The van der Waals surface area contributed by atoms with Crippen LogP contribution in [0.15, 0.2) is 5.51 Å². The summed E-state index contributed by atoms with van der Waals surface area (Å²) in [5, 5.41) is 0. The summed E-state index contributed by atoms with van der Waals surface area (Å²) in [4.78, 5) is 5.90. The van der Waals surface area contributed by atoms with Crippen molar-refractivity contribution in [1.82, 2.24) is 4.98 Å². The molecule has 4 bridgehead atoms. The fourth-order valence-electron chi connectivity index (χ4n) is 5.22. The Bertz CT molecular complexity index is 411. The minimum atomic E-state index is 0.674. The van der Waals surface area contributed by atoms with E-state index in [4.69, 9.17) is 5.73 Å². The van der Waals surface area contributed by atoms with Crippen LogP contribution in [-0.2, 0) is 13.0 Å². The van der Waals surface area contributed by atoms with Gasteiger partial charge < -0.3 is 5.73 Å². The van der Waals surface area contributed by atoms with Crippen LogP contribution in [0.1, 0.15) is 42.7 Å². The van der Waals surface area contributed by atoms with E-state index in [1.807, 2.05) is 5.51 Å². The lowest BCUT2D eigenvalue weighted by Crippen LogP contribution is -2.45. The number of rotatable bonds is 3. The van der Waals surface area contributed by atoms with Crippen molar-refractivity contribution in [3.05, 3.63) is 16.1 Å².